The zero-order valence-electron chi connectivity index (χ0n) is 18.3. The second kappa shape index (κ2) is 11.0. The third-order valence-corrected chi connectivity index (χ3v) is 7.73. The molecule has 4 heterocycles. The molecule has 15 heteroatoms. The van der Waals surface area contributed by atoms with Crippen LogP contribution in [0.2, 0.25) is 0 Å². The molecule has 34 heavy (non-hydrogen) atoms. The summed E-state index contributed by atoms with van der Waals surface area (Å²) in [5, 5.41) is 19.4. The Hall–Kier alpha value is -2.23. The smallest absolute Gasteiger partial charge is 0.543 e. The van der Waals surface area contributed by atoms with Crippen LogP contribution in [0.1, 0.15) is 16.3 Å². The average Bonchev–Trinajstić information content (AvgIpc) is 3.40. The van der Waals surface area contributed by atoms with Crippen LogP contribution in [0, 0.1) is 6.92 Å². The SMILES string of the molecule is CO/N=C(\C(=O)NC1C(=O)N2C(C(=O)[O-])=C(/C=C/c3scnc3C)CSC12)c1csc(N)n1.[Na+]. The van der Waals surface area contributed by atoms with E-state index >= 15 is 0 Å². The van der Waals surface area contributed by atoms with Crippen molar-refractivity contribution in [3.63, 3.8) is 0 Å². The number of nitrogen functional groups attached to an aromatic ring is 1. The number of carboxylic acids is 1. The molecule has 11 nitrogen and oxygen atoms in total. The van der Waals surface area contributed by atoms with Crippen molar-refractivity contribution in [1.29, 1.82) is 0 Å². The van der Waals surface area contributed by atoms with Gasteiger partial charge in [-0.05, 0) is 18.6 Å². The fraction of sp³-hybridized carbons (Fsp3) is 0.263. The van der Waals surface area contributed by atoms with Gasteiger partial charge in [0.05, 0.1) is 22.9 Å². The van der Waals surface area contributed by atoms with Gasteiger partial charge >= 0.3 is 29.6 Å². The molecule has 2 unspecified atom stereocenters. The fourth-order valence-corrected chi connectivity index (χ4v) is 5.87. The van der Waals surface area contributed by atoms with E-state index in [1.807, 2.05) is 6.92 Å². The van der Waals surface area contributed by atoms with Crippen molar-refractivity contribution in [1.82, 2.24) is 20.2 Å². The maximum absolute atomic E-state index is 12.8. The second-order valence-corrected chi connectivity index (χ2v) is 9.73. The summed E-state index contributed by atoms with van der Waals surface area (Å²) in [6.45, 7) is 1.85. The monoisotopic (exact) mass is 528 g/mol. The molecule has 1 fully saturated rings. The van der Waals surface area contributed by atoms with Gasteiger partial charge in [-0.25, -0.2) is 9.97 Å². The molecule has 0 aromatic carbocycles. The number of aryl methyl sites for hydroxylation is 1. The first kappa shape index (κ1) is 26.4. The molecule has 0 saturated carbocycles. The number of aromatic nitrogens is 2. The van der Waals surface area contributed by atoms with E-state index in [0.717, 1.165) is 26.8 Å². The number of fused-ring (bicyclic) bond motifs is 1. The number of aliphatic carboxylic acids is 1. The number of β-lactam (4-membered cyclic amide) rings is 1. The quantitative estimate of drug-likeness (QED) is 0.165. The van der Waals surface area contributed by atoms with Crippen molar-refractivity contribution in [2.75, 3.05) is 18.6 Å². The van der Waals surface area contributed by atoms with Crippen molar-refractivity contribution in [3.8, 4) is 0 Å². The van der Waals surface area contributed by atoms with Crippen molar-refractivity contribution < 1.29 is 53.9 Å². The fourth-order valence-electron chi connectivity index (χ4n) is 3.31. The summed E-state index contributed by atoms with van der Waals surface area (Å²) in [6, 6.07) is -0.941. The van der Waals surface area contributed by atoms with Gasteiger partial charge in [-0.2, -0.15) is 0 Å². The molecule has 2 aliphatic rings. The number of carbonyl (C=O) groups is 3. The Morgan fingerprint density at radius 3 is 2.74 bits per heavy atom. The average molecular weight is 529 g/mol. The molecule has 1 saturated heterocycles. The van der Waals surface area contributed by atoms with E-state index in [1.54, 1.807) is 17.7 Å². The normalized spacial score (nSPS) is 20.0. The van der Waals surface area contributed by atoms with Gasteiger partial charge in [-0.15, -0.1) is 34.4 Å². The van der Waals surface area contributed by atoms with Gasteiger partial charge in [0.2, 0.25) is 0 Å². The molecule has 0 radical (unpaired) electrons. The maximum atomic E-state index is 12.8. The molecule has 0 spiro atoms. The number of allylic oxidation sites excluding steroid dienone is 1. The minimum atomic E-state index is -1.46. The van der Waals surface area contributed by atoms with Gasteiger partial charge < -0.3 is 25.8 Å². The second-order valence-electron chi connectivity index (χ2n) is 6.85. The molecule has 2 atom stereocenters. The Bertz CT molecular complexity index is 1220. The molecule has 0 aliphatic carbocycles. The summed E-state index contributed by atoms with van der Waals surface area (Å²) >= 11 is 3.89. The van der Waals surface area contributed by atoms with E-state index in [0.29, 0.717) is 11.3 Å². The van der Waals surface area contributed by atoms with Gasteiger partial charge in [0, 0.05) is 16.0 Å². The summed E-state index contributed by atoms with van der Waals surface area (Å²) in [4.78, 5) is 52.4. The number of thioether (sulfide) groups is 1. The molecule has 3 N–H and O–H groups in total. The first-order valence-electron chi connectivity index (χ1n) is 9.42. The predicted octanol–water partition coefficient (Wildman–Crippen LogP) is -3.04. The van der Waals surface area contributed by atoms with E-state index in [9.17, 15) is 19.5 Å². The number of anilines is 1. The topological polar surface area (TPSA) is 163 Å². The van der Waals surface area contributed by atoms with Gasteiger partial charge in [0.25, 0.3) is 11.8 Å². The number of thiazole rings is 2. The van der Waals surface area contributed by atoms with Crippen LogP contribution in [0.5, 0.6) is 0 Å². The van der Waals surface area contributed by atoms with Crippen LogP contribution < -0.4 is 45.7 Å². The van der Waals surface area contributed by atoms with Crippen LogP contribution in [-0.2, 0) is 19.2 Å². The molecule has 4 rings (SSSR count). The molecule has 2 aromatic rings. The zero-order valence-corrected chi connectivity index (χ0v) is 22.8. The summed E-state index contributed by atoms with van der Waals surface area (Å²) in [5.74, 6) is -2.39. The summed E-state index contributed by atoms with van der Waals surface area (Å²) in [7, 11) is 1.27. The largest absolute Gasteiger partial charge is 1.00 e. The molecule has 0 bridgehead atoms. The number of nitrogens with one attached hydrogen (secondary N) is 1. The van der Waals surface area contributed by atoms with Gasteiger partial charge in [0.1, 0.15) is 24.2 Å². The van der Waals surface area contributed by atoms with E-state index < -0.39 is 29.2 Å². The van der Waals surface area contributed by atoms with Crippen LogP contribution in [0.4, 0.5) is 5.13 Å². The molecule has 2 aromatic heterocycles. The predicted molar refractivity (Wildman–Crippen MR) is 123 cm³/mol. The van der Waals surface area contributed by atoms with Crippen LogP contribution in [0.25, 0.3) is 6.08 Å². The van der Waals surface area contributed by atoms with Crippen molar-refractivity contribution in [2.45, 2.75) is 18.3 Å². The standard InChI is InChI=1S/C19H18N6O5S3.Na/c1-8-11(33-7-21-8)4-3-9-5-31-17-13(16(27)25(17)14(9)18(28)29)23-15(26)12(24-30-2)10-6-32-19(20)22-10;/h3-4,6-7,13,17H,5H2,1-2H3,(H2,20,22)(H,23,26)(H,28,29);/q;+1/p-1/b4-3+,24-12-;. The third-order valence-electron chi connectivity index (χ3n) is 4.86. The minimum absolute atomic E-state index is 0. The Morgan fingerprint density at radius 1 is 1.38 bits per heavy atom. The Morgan fingerprint density at radius 2 is 2.15 bits per heavy atom. The minimum Gasteiger partial charge on any atom is -0.543 e. The van der Waals surface area contributed by atoms with E-state index in [-0.39, 0.29) is 51.8 Å². The van der Waals surface area contributed by atoms with Crippen molar-refractivity contribution in [2.24, 2.45) is 5.16 Å². The van der Waals surface area contributed by atoms with Crippen molar-refractivity contribution >= 4 is 69.1 Å². The number of rotatable bonds is 7. The number of nitrogens with zero attached hydrogens (tertiary/aromatic N) is 4. The van der Waals surface area contributed by atoms with E-state index in [2.05, 4.69) is 20.4 Å². The first-order valence-corrected chi connectivity index (χ1v) is 12.2. The molecular formula is C19H17N6NaO5S3. The zero-order chi connectivity index (χ0) is 23.7. The third kappa shape index (κ3) is 5.06. The Kier molecular flexibility index (Phi) is 8.54. The van der Waals surface area contributed by atoms with E-state index in [1.165, 1.54) is 35.6 Å². The Labute approximate surface area is 228 Å². The van der Waals surface area contributed by atoms with Crippen molar-refractivity contribution in [3.05, 3.63) is 44.5 Å². The number of carbonyl (C=O) groups excluding carboxylic acids is 3. The van der Waals surface area contributed by atoms with Crippen LogP contribution in [0.3, 0.4) is 0 Å². The molecule has 2 aliphatic heterocycles. The van der Waals surface area contributed by atoms with E-state index in [4.69, 9.17) is 10.6 Å². The molecule has 172 valence electrons. The first-order chi connectivity index (χ1) is 15.8. The number of oxime groups is 1. The number of hydrogen-bond donors (Lipinski definition) is 2. The molecule has 2 amide bonds. The Balaban J connectivity index is 0.00000324. The summed E-state index contributed by atoms with van der Waals surface area (Å²) in [6.07, 6.45) is 3.42. The van der Waals surface area contributed by atoms with Gasteiger partial charge in [-0.3, -0.25) is 14.5 Å². The maximum Gasteiger partial charge on any atom is 1.00 e. The number of carboxylic acid groups (broad SMARTS) is 1. The van der Waals surface area contributed by atoms with Crippen LogP contribution >= 0.6 is 34.4 Å². The van der Waals surface area contributed by atoms with Crippen LogP contribution in [-0.4, -0.2) is 62.6 Å². The van der Waals surface area contributed by atoms with Crippen LogP contribution in [0.15, 0.2) is 33.4 Å². The summed E-state index contributed by atoms with van der Waals surface area (Å²) in [5.41, 5.74) is 8.45. The number of hydrogen-bond acceptors (Lipinski definition) is 12. The molecular weight excluding hydrogens is 511 g/mol. The number of amides is 2. The van der Waals surface area contributed by atoms with Gasteiger partial charge in [0.15, 0.2) is 10.8 Å². The van der Waals surface area contributed by atoms with Gasteiger partial charge in [-0.1, -0.05) is 11.2 Å². The number of nitrogens with two attached hydrogens (primary N) is 1. The summed E-state index contributed by atoms with van der Waals surface area (Å²) < 4.78 is 0.